The molecule has 19 heavy (non-hydrogen) atoms. The average molecular weight is 259 g/mol. The molecular formula is C15H17NO3. The third-order valence-corrected chi connectivity index (χ3v) is 3.66. The summed E-state index contributed by atoms with van der Waals surface area (Å²) in [6.45, 7) is 1.46. The van der Waals surface area contributed by atoms with Crippen LogP contribution in [-0.2, 0) is 29.0 Å². The van der Waals surface area contributed by atoms with Crippen LogP contribution in [0, 0.1) is 0 Å². The van der Waals surface area contributed by atoms with Crippen molar-refractivity contribution in [1.29, 1.82) is 0 Å². The number of aliphatic carboxylic acids is 1. The summed E-state index contributed by atoms with van der Waals surface area (Å²) in [4.78, 5) is 14.0. The molecule has 4 nitrogen and oxygen atoms in total. The summed E-state index contributed by atoms with van der Waals surface area (Å²) >= 11 is 0. The molecule has 0 atom stereocenters. The van der Waals surface area contributed by atoms with Crippen molar-refractivity contribution in [3.05, 3.63) is 35.0 Å². The van der Waals surface area contributed by atoms with Crippen LogP contribution in [0.25, 0.3) is 10.9 Å². The molecule has 1 aromatic carbocycles. The lowest BCUT2D eigenvalue weighted by atomic mass is 10.0. The van der Waals surface area contributed by atoms with Gasteiger partial charge in [-0.05, 0) is 30.5 Å². The standard InChI is InChI=1S/C15H17NO3/c17-15(18)3-1-2-10-4-5-13-11(8-10)12-9-19-7-6-14(12)16-13/h4-5,8,16H,1-3,6-7,9H2,(H,17,18). The van der Waals surface area contributed by atoms with Crippen LogP contribution in [0.3, 0.4) is 0 Å². The first-order valence-electron chi connectivity index (χ1n) is 6.66. The van der Waals surface area contributed by atoms with E-state index in [4.69, 9.17) is 9.84 Å². The first-order valence-corrected chi connectivity index (χ1v) is 6.66. The van der Waals surface area contributed by atoms with Gasteiger partial charge in [-0.3, -0.25) is 4.79 Å². The number of aromatic amines is 1. The van der Waals surface area contributed by atoms with E-state index < -0.39 is 5.97 Å². The molecule has 0 saturated carbocycles. The van der Waals surface area contributed by atoms with Crippen LogP contribution >= 0.6 is 0 Å². The van der Waals surface area contributed by atoms with Crippen LogP contribution in [0.2, 0.25) is 0 Å². The molecule has 3 rings (SSSR count). The Kier molecular flexibility index (Phi) is 3.25. The Morgan fingerprint density at radius 2 is 2.32 bits per heavy atom. The van der Waals surface area contributed by atoms with Crippen LogP contribution < -0.4 is 0 Å². The molecule has 100 valence electrons. The van der Waals surface area contributed by atoms with Gasteiger partial charge in [0.05, 0.1) is 13.2 Å². The van der Waals surface area contributed by atoms with E-state index in [0.29, 0.717) is 13.0 Å². The largest absolute Gasteiger partial charge is 0.481 e. The monoisotopic (exact) mass is 259 g/mol. The first kappa shape index (κ1) is 12.2. The fourth-order valence-corrected chi connectivity index (χ4v) is 2.68. The maximum atomic E-state index is 10.5. The third-order valence-electron chi connectivity index (χ3n) is 3.66. The first-order chi connectivity index (χ1) is 9.24. The number of benzene rings is 1. The second-order valence-electron chi connectivity index (χ2n) is 5.01. The summed E-state index contributed by atoms with van der Waals surface area (Å²) in [6, 6.07) is 6.33. The number of ether oxygens (including phenoxy) is 1. The lowest BCUT2D eigenvalue weighted by molar-refractivity contribution is -0.137. The van der Waals surface area contributed by atoms with Gasteiger partial charge >= 0.3 is 5.97 Å². The summed E-state index contributed by atoms with van der Waals surface area (Å²) in [6.07, 6.45) is 2.66. The highest BCUT2D eigenvalue weighted by molar-refractivity contribution is 5.85. The average Bonchev–Trinajstić information content (AvgIpc) is 2.76. The van der Waals surface area contributed by atoms with Crippen molar-refractivity contribution in [2.45, 2.75) is 32.3 Å². The summed E-state index contributed by atoms with van der Waals surface area (Å²) in [5, 5.41) is 9.89. The van der Waals surface area contributed by atoms with Crippen molar-refractivity contribution >= 4 is 16.9 Å². The lowest BCUT2D eigenvalue weighted by Crippen LogP contribution is -2.08. The summed E-state index contributed by atoms with van der Waals surface area (Å²) in [5.74, 6) is -0.728. The second-order valence-corrected chi connectivity index (χ2v) is 5.01. The Morgan fingerprint density at radius 3 is 3.16 bits per heavy atom. The molecular weight excluding hydrogens is 242 g/mol. The molecule has 0 amide bonds. The van der Waals surface area contributed by atoms with E-state index in [1.165, 1.54) is 22.2 Å². The maximum absolute atomic E-state index is 10.5. The number of rotatable bonds is 4. The zero-order valence-corrected chi connectivity index (χ0v) is 10.7. The second kappa shape index (κ2) is 5.05. The lowest BCUT2D eigenvalue weighted by Gasteiger charge is -2.11. The number of H-pyrrole nitrogens is 1. The molecule has 0 aliphatic carbocycles. The number of fused-ring (bicyclic) bond motifs is 3. The van der Waals surface area contributed by atoms with Crippen molar-refractivity contribution in [2.24, 2.45) is 0 Å². The van der Waals surface area contributed by atoms with Gasteiger partial charge in [0.1, 0.15) is 0 Å². The minimum Gasteiger partial charge on any atom is -0.481 e. The quantitative estimate of drug-likeness (QED) is 0.887. The number of carboxylic acids is 1. The van der Waals surface area contributed by atoms with Crippen LogP contribution in [0.5, 0.6) is 0 Å². The van der Waals surface area contributed by atoms with Gasteiger partial charge in [-0.2, -0.15) is 0 Å². The Balaban J connectivity index is 1.85. The van der Waals surface area contributed by atoms with E-state index in [0.717, 1.165) is 25.0 Å². The fourth-order valence-electron chi connectivity index (χ4n) is 2.68. The van der Waals surface area contributed by atoms with Gasteiger partial charge in [-0.25, -0.2) is 0 Å². The highest BCUT2D eigenvalue weighted by atomic mass is 16.5. The highest BCUT2D eigenvalue weighted by Gasteiger charge is 2.15. The topological polar surface area (TPSA) is 62.3 Å². The van der Waals surface area contributed by atoms with Crippen molar-refractivity contribution in [2.75, 3.05) is 6.61 Å². The van der Waals surface area contributed by atoms with Gasteiger partial charge in [0.25, 0.3) is 0 Å². The molecule has 0 radical (unpaired) electrons. The Bertz CT molecular complexity index is 615. The fraction of sp³-hybridized carbons (Fsp3) is 0.400. The molecule has 2 N–H and O–H groups in total. The van der Waals surface area contributed by atoms with E-state index in [2.05, 4.69) is 23.2 Å². The van der Waals surface area contributed by atoms with E-state index >= 15 is 0 Å². The minimum absolute atomic E-state index is 0.229. The van der Waals surface area contributed by atoms with E-state index in [9.17, 15) is 4.79 Å². The Labute approximate surface area is 111 Å². The zero-order valence-electron chi connectivity index (χ0n) is 10.7. The molecule has 2 aromatic rings. The van der Waals surface area contributed by atoms with Crippen LogP contribution in [-0.4, -0.2) is 22.7 Å². The SMILES string of the molecule is O=C(O)CCCc1ccc2[nH]c3c(c2c1)COCC3. The summed E-state index contributed by atoms with van der Waals surface area (Å²) in [7, 11) is 0. The molecule has 1 aromatic heterocycles. The minimum atomic E-state index is -0.728. The molecule has 0 bridgehead atoms. The van der Waals surface area contributed by atoms with Gasteiger partial charge in [-0.15, -0.1) is 0 Å². The van der Waals surface area contributed by atoms with Gasteiger partial charge in [-0.1, -0.05) is 6.07 Å². The van der Waals surface area contributed by atoms with Crippen LogP contribution in [0.15, 0.2) is 18.2 Å². The van der Waals surface area contributed by atoms with Gasteiger partial charge in [0.2, 0.25) is 0 Å². The van der Waals surface area contributed by atoms with Crippen molar-refractivity contribution in [3.8, 4) is 0 Å². The normalized spacial score (nSPS) is 14.5. The number of hydrogen-bond donors (Lipinski definition) is 2. The number of hydrogen-bond acceptors (Lipinski definition) is 2. The number of carboxylic acid groups (broad SMARTS) is 1. The third kappa shape index (κ3) is 2.49. The highest BCUT2D eigenvalue weighted by Crippen LogP contribution is 2.27. The van der Waals surface area contributed by atoms with Gasteiger partial charge in [0.15, 0.2) is 0 Å². The van der Waals surface area contributed by atoms with Crippen molar-refractivity contribution in [1.82, 2.24) is 4.98 Å². The van der Waals surface area contributed by atoms with Crippen molar-refractivity contribution < 1.29 is 14.6 Å². The summed E-state index contributed by atoms with van der Waals surface area (Å²) in [5.41, 5.74) is 4.89. The molecule has 0 saturated heterocycles. The van der Waals surface area contributed by atoms with E-state index in [-0.39, 0.29) is 6.42 Å². The molecule has 4 heteroatoms. The van der Waals surface area contributed by atoms with Crippen LogP contribution in [0.4, 0.5) is 0 Å². The molecule has 1 aliphatic heterocycles. The summed E-state index contributed by atoms with van der Waals surface area (Å²) < 4.78 is 5.52. The number of aryl methyl sites for hydroxylation is 1. The molecule has 1 aliphatic rings. The van der Waals surface area contributed by atoms with E-state index in [1.54, 1.807) is 0 Å². The Morgan fingerprint density at radius 1 is 1.42 bits per heavy atom. The molecule has 0 fully saturated rings. The molecule has 0 spiro atoms. The predicted molar refractivity (Wildman–Crippen MR) is 72.2 cm³/mol. The Hall–Kier alpha value is -1.81. The van der Waals surface area contributed by atoms with E-state index in [1.807, 2.05) is 0 Å². The smallest absolute Gasteiger partial charge is 0.303 e. The van der Waals surface area contributed by atoms with Crippen LogP contribution in [0.1, 0.15) is 29.7 Å². The zero-order chi connectivity index (χ0) is 13.2. The molecule has 2 heterocycles. The number of nitrogens with one attached hydrogen (secondary N) is 1. The van der Waals surface area contributed by atoms with Gasteiger partial charge < -0.3 is 14.8 Å². The van der Waals surface area contributed by atoms with Crippen molar-refractivity contribution in [3.63, 3.8) is 0 Å². The van der Waals surface area contributed by atoms with Gasteiger partial charge in [0, 0.05) is 35.0 Å². The number of aromatic nitrogens is 1. The number of carbonyl (C=O) groups is 1. The molecule has 0 unspecified atom stereocenters. The predicted octanol–water partition coefficient (Wildman–Crippen LogP) is 2.65. The maximum Gasteiger partial charge on any atom is 0.303 e.